The van der Waals surface area contributed by atoms with E-state index in [9.17, 15) is 0 Å². The molecule has 142 valence electrons. The van der Waals surface area contributed by atoms with Crippen LogP contribution in [0.15, 0.2) is 89.4 Å². The van der Waals surface area contributed by atoms with E-state index in [1.807, 2.05) is 0 Å². The van der Waals surface area contributed by atoms with Crippen molar-refractivity contribution in [1.82, 2.24) is 0 Å². The Hall–Kier alpha value is -1.42. The summed E-state index contributed by atoms with van der Waals surface area (Å²) in [4.78, 5) is 0. The molecule has 0 fully saturated rings. The molecular formula is C25H21Br3. The lowest BCUT2D eigenvalue weighted by molar-refractivity contribution is 1.09. The summed E-state index contributed by atoms with van der Waals surface area (Å²) < 4.78 is 3.25. The molecule has 0 atom stereocenters. The molecule has 0 aromatic heterocycles. The van der Waals surface area contributed by atoms with E-state index in [0.29, 0.717) is 0 Å². The van der Waals surface area contributed by atoms with E-state index in [1.165, 1.54) is 27.8 Å². The van der Waals surface area contributed by atoms with Crippen molar-refractivity contribution < 1.29 is 0 Å². The van der Waals surface area contributed by atoms with Crippen molar-refractivity contribution in [3.05, 3.63) is 117 Å². The van der Waals surface area contributed by atoms with Crippen molar-refractivity contribution >= 4 is 56.8 Å². The molecule has 3 rings (SSSR count). The zero-order valence-electron chi connectivity index (χ0n) is 15.8. The van der Waals surface area contributed by atoms with Crippen LogP contribution < -0.4 is 0 Å². The summed E-state index contributed by atoms with van der Waals surface area (Å²) in [6.45, 7) is 4.21. The van der Waals surface area contributed by atoms with Crippen LogP contribution in [-0.4, -0.2) is 0 Å². The first-order chi connectivity index (χ1) is 13.4. The fraction of sp³-hybridized carbons (Fsp3) is 0.120. The first-order valence-electron chi connectivity index (χ1n) is 9.06. The minimum absolute atomic E-state index is 0.124. The van der Waals surface area contributed by atoms with Crippen LogP contribution in [0.2, 0.25) is 0 Å². The molecule has 0 aliphatic carbocycles. The Morgan fingerprint density at radius 1 is 0.643 bits per heavy atom. The quantitative estimate of drug-likeness (QED) is 0.292. The standard InChI is InChI=1S/C25H21Br3/c1-17-3-7-20(8-4-17)24(27)15-22(19-11-13-23(26)14-12-19)16-25(28)21-9-5-18(2)6-10-21/h3-16,22H,1-2H3/b24-15-,25-16-. The van der Waals surface area contributed by atoms with Gasteiger partial charge in [0, 0.05) is 19.4 Å². The lowest BCUT2D eigenvalue weighted by atomic mass is 9.96. The normalized spacial score (nSPS) is 13.5. The van der Waals surface area contributed by atoms with Gasteiger partial charge in [0.05, 0.1) is 0 Å². The molecule has 0 radical (unpaired) electrons. The maximum Gasteiger partial charge on any atom is 0.0227 e. The number of benzene rings is 3. The average Bonchev–Trinajstić information content (AvgIpc) is 2.69. The lowest BCUT2D eigenvalue weighted by Gasteiger charge is -2.13. The van der Waals surface area contributed by atoms with Gasteiger partial charge in [0.25, 0.3) is 0 Å². The Morgan fingerprint density at radius 2 is 1.04 bits per heavy atom. The monoisotopic (exact) mass is 558 g/mol. The molecule has 0 N–H and O–H groups in total. The summed E-state index contributed by atoms with van der Waals surface area (Å²) in [6, 6.07) is 25.6. The Labute approximate surface area is 192 Å². The lowest BCUT2D eigenvalue weighted by Crippen LogP contribution is -1.94. The first kappa shape index (κ1) is 21.3. The minimum atomic E-state index is 0.124. The van der Waals surface area contributed by atoms with Crippen LogP contribution >= 0.6 is 47.8 Å². The number of hydrogen-bond donors (Lipinski definition) is 0. The highest BCUT2D eigenvalue weighted by Crippen LogP contribution is 2.33. The average molecular weight is 561 g/mol. The third-order valence-electron chi connectivity index (χ3n) is 4.56. The number of allylic oxidation sites excluding steroid dienone is 2. The molecule has 3 aromatic carbocycles. The van der Waals surface area contributed by atoms with Crippen LogP contribution in [0.1, 0.15) is 33.7 Å². The van der Waals surface area contributed by atoms with Crippen molar-refractivity contribution in [3.63, 3.8) is 0 Å². The molecule has 0 aliphatic rings. The second kappa shape index (κ2) is 9.87. The maximum atomic E-state index is 3.79. The van der Waals surface area contributed by atoms with Gasteiger partial charge in [0.15, 0.2) is 0 Å². The van der Waals surface area contributed by atoms with Crippen LogP contribution in [0.25, 0.3) is 8.96 Å². The van der Waals surface area contributed by atoms with E-state index in [4.69, 9.17) is 0 Å². The zero-order chi connectivity index (χ0) is 20.1. The SMILES string of the molecule is Cc1ccc(/C(Br)=C/C(/C=C(\Br)c2ccc(C)cc2)c2ccc(Br)cc2)cc1. The fourth-order valence-electron chi connectivity index (χ4n) is 2.86. The largest absolute Gasteiger partial charge is 0.0587 e. The summed E-state index contributed by atoms with van der Waals surface area (Å²) in [5, 5.41) is 0. The first-order valence-corrected chi connectivity index (χ1v) is 11.4. The highest BCUT2D eigenvalue weighted by Gasteiger charge is 2.10. The smallest absolute Gasteiger partial charge is 0.0227 e. The summed E-state index contributed by atoms with van der Waals surface area (Å²) in [7, 11) is 0. The van der Waals surface area contributed by atoms with Crippen molar-refractivity contribution in [2.24, 2.45) is 0 Å². The van der Waals surface area contributed by atoms with E-state index in [1.54, 1.807) is 0 Å². The summed E-state index contributed by atoms with van der Waals surface area (Å²) in [6.07, 6.45) is 4.51. The Morgan fingerprint density at radius 3 is 1.43 bits per heavy atom. The van der Waals surface area contributed by atoms with Gasteiger partial charge in [0.1, 0.15) is 0 Å². The molecule has 28 heavy (non-hydrogen) atoms. The van der Waals surface area contributed by atoms with E-state index in [0.717, 1.165) is 13.4 Å². The number of rotatable bonds is 5. The van der Waals surface area contributed by atoms with Crippen LogP contribution in [-0.2, 0) is 0 Å². The number of hydrogen-bond acceptors (Lipinski definition) is 0. The molecule has 0 heterocycles. The fourth-order valence-corrected chi connectivity index (χ4v) is 4.22. The van der Waals surface area contributed by atoms with Gasteiger partial charge in [-0.3, -0.25) is 0 Å². The Bertz CT molecular complexity index is 918. The van der Waals surface area contributed by atoms with Crippen molar-refractivity contribution in [3.8, 4) is 0 Å². The van der Waals surface area contributed by atoms with Crippen molar-refractivity contribution in [2.75, 3.05) is 0 Å². The van der Waals surface area contributed by atoms with Gasteiger partial charge in [-0.05, 0) is 42.7 Å². The molecule has 0 saturated heterocycles. The van der Waals surface area contributed by atoms with E-state index in [2.05, 4.69) is 147 Å². The molecule has 0 nitrogen and oxygen atoms in total. The van der Waals surface area contributed by atoms with E-state index >= 15 is 0 Å². The molecule has 0 bridgehead atoms. The molecule has 0 spiro atoms. The van der Waals surface area contributed by atoms with Crippen LogP contribution in [0.4, 0.5) is 0 Å². The predicted octanol–water partition coefficient (Wildman–Crippen LogP) is 9.02. The Kier molecular flexibility index (Phi) is 7.50. The minimum Gasteiger partial charge on any atom is -0.0587 e. The number of aryl methyl sites for hydroxylation is 2. The molecular weight excluding hydrogens is 540 g/mol. The third-order valence-corrected chi connectivity index (χ3v) is 6.53. The molecule has 0 amide bonds. The van der Waals surface area contributed by atoms with E-state index in [-0.39, 0.29) is 5.92 Å². The van der Waals surface area contributed by atoms with Gasteiger partial charge in [-0.2, -0.15) is 0 Å². The van der Waals surface area contributed by atoms with Gasteiger partial charge in [-0.15, -0.1) is 0 Å². The van der Waals surface area contributed by atoms with Gasteiger partial charge in [-0.1, -0.05) is 132 Å². The molecule has 0 saturated carbocycles. The van der Waals surface area contributed by atoms with Gasteiger partial charge < -0.3 is 0 Å². The third kappa shape index (κ3) is 5.79. The van der Waals surface area contributed by atoms with Gasteiger partial charge in [0.2, 0.25) is 0 Å². The van der Waals surface area contributed by atoms with Gasteiger partial charge >= 0.3 is 0 Å². The summed E-state index contributed by atoms with van der Waals surface area (Å²) in [5.74, 6) is 0.124. The van der Waals surface area contributed by atoms with Crippen LogP contribution in [0, 0.1) is 13.8 Å². The highest BCUT2D eigenvalue weighted by molar-refractivity contribution is 9.15. The molecule has 3 heteroatoms. The highest BCUT2D eigenvalue weighted by atomic mass is 79.9. The molecule has 0 aliphatic heterocycles. The van der Waals surface area contributed by atoms with Crippen LogP contribution in [0.3, 0.4) is 0 Å². The zero-order valence-corrected chi connectivity index (χ0v) is 20.6. The molecule has 3 aromatic rings. The second-order valence-corrected chi connectivity index (χ2v) is 9.46. The summed E-state index contributed by atoms with van der Waals surface area (Å²) in [5.41, 5.74) is 6.10. The second-order valence-electron chi connectivity index (χ2n) is 6.84. The topological polar surface area (TPSA) is 0 Å². The van der Waals surface area contributed by atoms with Gasteiger partial charge in [-0.25, -0.2) is 0 Å². The van der Waals surface area contributed by atoms with Crippen LogP contribution in [0.5, 0.6) is 0 Å². The maximum absolute atomic E-state index is 3.79. The van der Waals surface area contributed by atoms with Crippen molar-refractivity contribution in [2.45, 2.75) is 19.8 Å². The predicted molar refractivity (Wildman–Crippen MR) is 133 cm³/mol. The summed E-state index contributed by atoms with van der Waals surface area (Å²) >= 11 is 11.1. The Balaban J connectivity index is 2.00. The molecule has 0 unspecified atom stereocenters. The van der Waals surface area contributed by atoms with E-state index < -0.39 is 0 Å². The number of halogens is 3. The van der Waals surface area contributed by atoms with Crippen molar-refractivity contribution in [1.29, 1.82) is 0 Å².